The molecule has 8 heteroatoms. The number of rotatable bonds is 15. The van der Waals surface area contributed by atoms with Gasteiger partial charge < -0.3 is 25.4 Å². The molecule has 2 unspecified atom stereocenters. The molecular weight excluding hydrogens is 518 g/mol. The SMILES string of the molecule is CCCCCCN(C(=O)C(Cc1ccc(O)cc1)NC(=O)OC(C)(C)C)C(C(=O)NCCCC)c1cccc(C)c1. The quantitative estimate of drug-likeness (QED) is 0.222. The van der Waals surface area contributed by atoms with E-state index in [0.717, 1.165) is 55.2 Å². The van der Waals surface area contributed by atoms with Gasteiger partial charge in [0.05, 0.1) is 0 Å². The summed E-state index contributed by atoms with van der Waals surface area (Å²) in [6.07, 6.45) is 4.93. The number of phenols is 1. The van der Waals surface area contributed by atoms with Gasteiger partial charge >= 0.3 is 6.09 Å². The molecule has 0 aliphatic carbocycles. The van der Waals surface area contributed by atoms with E-state index in [1.807, 2.05) is 31.2 Å². The lowest BCUT2D eigenvalue weighted by Gasteiger charge is -2.35. The highest BCUT2D eigenvalue weighted by Gasteiger charge is 2.36. The number of ether oxygens (including phenoxy) is 1. The van der Waals surface area contributed by atoms with Gasteiger partial charge in [-0.1, -0.05) is 81.5 Å². The minimum atomic E-state index is -0.990. The summed E-state index contributed by atoms with van der Waals surface area (Å²) in [4.78, 5) is 42.7. The number of aryl methyl sites for hydroxylation is 1. The van der Waals surface area contributed by atoms with Gasteiger partial charge in [-0.05, 0) is 63.8 Å². The van der Waals surface area contributed by atoms with E-state index in [1.165, 1.54) is 0 Å². The van der Waals surface area contributed by atoms with Crippen LogP contribution in [-0.4, -0.2) is 52.6 Å². The summed E-state index contributed by atoms with van der Waals surface area (Å²) in [5.74, 6) is -0.497. The molecule has 2 atom stereocenters. The summed E-state index contributed by atoms with van der Waals surface area (Å²) >= 11 is 0. The Labute approximate surface area is 245 Å². The lowest BCUT2D eigenvalue weighted by molar-refractivity contribution is -0.142. The Morgan fingerprint density at radius 2 is 1.63 bits per heavy atom. The summed E-state index contributed by atoms with van der Waals surface area (Å²) in [6, 6.07) is 12.3. The number of phenolic OH excluding ortho intramolecular Hbond substituents is 1. The molecule has 226 valence electrons. The van der Waals surface area contributed by atoms with Crippen LogP contribution >= 0.6 is 0 Å². The molecule has 0 aliphatic rings. The maximum atomic E-state index is 14.4. The summed E-state index contributed by atoms with van der Waals surface area (Å²) in [7, 11) is 0. The van der Waals surface area contributed by atoms with Crippen LogP contribution in [0.3, 0.4) is 0 Å². The van der Waals surface area contributed by atoms with Crippen molar-refractivity contribution < 1.29 is 24.2 Å². The zero-order valence-electron chi connectivity index (χ0n) is 25.7. The van der Waals surface area contributed by atoms with Gasteiger partial charge in [-0.15, -0.1) is 0 Å². The molecule has 0 saturated carbocycles. The van der Waals surface area contributed by atoms with E-state index < -0.39 is 23.8 Å². The van der Waals surface area contributed by atoms with Gasteiger partial charge in [-0.2, -0.15) is 0 Å². The van der Waals surface area contributed by atoms with E-state index in [2.05, 4.69) is 24.5 Å². The van der Waals surface area contributed by atoms with Crippen LogP contribution in [0.15, 0.2) is 48.5 Å². The highest BCUT2D eigenvalue weighted by molar-refractivity contribution is 5.92. The van der Waals surface area contributed by atoms with Gasteiger partial charge in [-0.25, -0.2) is 4.79 Å². The first-order valence-corrected chi connectivity index (χ1v) is 14.9. The highest BCUT2D eigenvalue weighted by atomic mass is 16.6. The predicted molar refractivity (Wildman–Crippen MR) is 163 cm³/mol. The molecule has 0 saturated heterocycles. The number of nitrogens with zero attached hydrogens (tertiary/aromatic N) is 1. The molecule has 3 N–H and O–H groups in total. The second-order valence-corrected chi connectivity index (χ2v) is 11.6. The number of alkyl carbamates (subject to hydrolysis) is 1. The Bertz CT molecular complexity index is 1110. The number of unbranched alkanes of at least 4 members (excludes halogenated alkanes) is 4. The van der Waals surface area contributed by atoms with E-state index in [0.29, 0.717) is 13.1 Å². The predicted octanol–water partition coefficient (Wildman–Crippen LogP) is 6.20. The van der Waals surface area contributed by atoms with Gasteiger partial charge in [0.25, 0.3) is 0 Å². The van der Waals surface area contributed by atoms with Crippen LogP contribution in [0, 0.1) is 6.92 Å². The maximum Gasteiger partial charge on any atom is 0.408 e. The minimum absolute atomic E-state index is 0.109. The van der Waals surface area contributed by atoms with Crippen LogP contribution in [0.1, 0.15) is 95.9 Å². The van der Waals surface area contributed by atoms with Crippen molar-refractivity contribution in [2.45, 2.75) is 104 Å². The Hall–Kier alpha value is -3.55. The largest absolute Gasteiger partial charge is 0.508 e. The summed E-state index contributed by atoms with van der Waals surface area (Å²) < 4.78 is 5.50. The first-order valence-electron chi connectivity index (χ1n) is 14.9. The van der Waals surface area contributed by atoms with Crippen LogP contribution in [0.5, 0.6) is 5.75 Å². The monoisotopic (exact) mass is 567 g/mol. The van der Waals surface area contributed by atoms with Gasteiger partial charge in [-0.3, -0.25) is 9.59 Å². The number of nitrogens with one attached hydrogen (secondary N) is 2. The lowest BCUT2D eigenvalue weighted by atomic mass is 9.98. The fourth-order valence-electron chi connectivity index (χ4n) is 4.59. The third kappa shape index (κ3) is 11.8. The molecule has 0 bridgehead atoms. The third-order valence-corrected chi connectivity index (χ3v) is 6.65. The van der Waals surface area contributed by atoms with Gasteiger partial charge in [0.2, 0.25) is 11.8 Å². The van der Waals surface area contributed by atoms with Crippen molar-refractivity contribution in [1.29, 1.82) is 0 Å². The van der Waals surface area contributed by atoms with Crippen LogP contribution in [-0.2, 0) is 20.7 Å². The molecule has 0 radical (unpaired) electrons. The highest BCUT2D eigenvalue weighted by Crippen LogP contribution is 2.25. The molecule has 2 rings (SSSR count). The van der Waals surface area contributed by atoms with Crippen molar-refractivity contribution in [3.05, 3.63) is 65.2 Å². The van der Waals surface area contributed by atoms with E-state index in [-0.39, 0.29) is 24.0 Å². The number of carbonyl (C=O) groups excluding carboxylic acids is 3. The number of carbonyl (C=O) groups is 3. The number of aromatic hydroxyl groups is 1. The number of hydrogen-bond acceptors (Lipinski definition) is 5. The molecule has 8 nitrogen and oxygen atoms in total. The Morgan fingerprint density at radius 1 is 0.951 bits per heavy atom. The Balaban J connectivity index is 2.53. The van der Waals surface area contributed by atoms with Crippen molar-refractivity contribution >= 4 is 17.9 Å². The maximum absolute atomic E-state index is 14.4. The van der Waals surface area contributed by atoms with Crippen LogP contribution in [0.25, 0.3) is 0 Å². The molecule has 0 heterocycles. The number of benzene rings is 2. The number of hydrogen-bond donors (Lipinski definition) is 3. The summed E-state index contributed by atoms with van der Waals surface area (Å²) in [5.41, 5.74) is 1.71. The second kappa shape index (κ2) is 16.7. The fraction of sp³-hybridized carbons (Fsp3) is 0.545. The molecule has 0 fully saturated rings. The molecule has 0 aromatic heterocycles. The van der Waals surface area contributed by atoms with Crippen LogP contribution < -0.4 is 10.6 Å². The average molecular weight is 568 g/mol. The fourth-order valence-corrected chi connectivity index (χ4v) is 4.59. The van der Waals surface area contributed by atoms with Crippen molar-refractivity contribution in [1.82, 2.24) is 15.5 Å². The standard InChI is InChI=1S/C33H49N3O5/c1-7-9-11-12-21-36(29(30(38)34-20-10-8-2)26-15-13-14-24(3)22-26)31(39)28(35-32(40)41-33(4,5)6)23-25-16-18-27(37)19-17-25/h13-19,22,28-29,37H,7-12,20-21,23H2,1-6H3,(H,34,38)(H,35,40). The summed E-state index contributed by atoms with van der Waals surface area (Å²) in [6.45, 7) is 12.3. The number of amides is 3. The second-order valence-electron chi connectivity index (χ2n) is 11.6. The van der Waals surface area contributed by atoms with Crippen molar-refractivity contribution in [2.24, 2.45) is 0 Å². The molecule has 2 aromatic carbocycles. The van der Waals surface area contributed by atoms with Crippen LogP contribution in [0.2, 0.25) is 0 Å². The Kier molecular flexibility index (Phi) is 13.7. The van der Waals surface area contributed by atoms with Crippen LogP contribution in [0.4, 0.5) is 4.79 Å². The zero-order valence-corrected chi connectivity index (χ0v) is 25.7. The molecule has 3 amide bonds. The zero-order chi connectivity index (χ0) is 30.4. The normalized spacial score (nSPS) is 12.7. The molecule has 2 aromatic rings. The van der Waals surface area contributed by atoms with E-state index >= 15 is 0 Å². The first kappa shape index (κ1) is 33.7. The van der Waals surface area contributed by atoms with E-state index in [1.54, 1.807) is 49.9 Å². The van der Waals surface area contributed by atoms with Crippen molar-refractivity contribution in [2.75, 3.05) is 13.1 Å². The third-order valence-electron chi connectivity index (χ3n) is 6.65. The minimum Gasteiger partial charge on any atom is -0.508 e. The van der Waals surface area contributed by atoms with Gasteiger partial charge in [0.15, 0.2) is 0 Å². The average Bonchev–Trinajstić information content (AvgIpc) is 2.90. The van der Waals surface area contributed by atoms with Gasteiger partial charge in [0.1, 0.15) is 23.4 Å². The Morgan fingerprint density at radius 3 is 2.24 bits per heavy atom. The van der Waals surface area contributed by atoms with Crippen molar-refractivity contribution in [3.8, 4) is 5.75 Å². The van der Waals surface area contributed by atoms with Gasteiger partial charge in [0, 0.05) is 19.5 Å². The molecule has 41 heavy (non-hydrogen) atoms. The van der Waals surface area contributed by atoms with Crippen molar-refractivity contribution in [3.63, 3.8) is 0 Å². The molecular formula is C33H49N3O5. The molecule has 0 aliphatic heterocycles. The summed E-state index contributed by atoms with van der Waals surface area (Å²) in [5, 5.41) is 15.6. The van der Waals surface area contributed by atoms with E-state index in [9.17, 15) is 19.5 Å². The lowest BCUT2D eigenvalue weighted by Crippen LogP contribution is -2.54. The molecule has 0 spiro atoms. The first-order chi connectivity index (χ1) is 19.4. The van der Waals surface area contributed by atoms with E-state index in [4.69, 9.17) is 4.74 Å². The topological polar surface area (TPSA) is 108 Å². The smallest absolute Gasteiger partial charge is 0.408 e.